The molecular formula is C14H12ClFN4S. The van der Waals surface area contributed by atoms with E-state index in [-0.39, 0.29) is 11.4 Å². The Bertz CT molecular complexity index is 804. The zero-order valence-corrected chi connectivity index (χ0v) is 12.9. The molecule has 3 rings (SSSR count). The molecule has 2 aromatic heterocycles. The molecule has 0 amide bonds. The predicted molar refractivity (Wildman–Crippen MR) is 84.0 cm³/mol. The monoisotopic (exact) mass is 322 g/mol. The minimum Gasteiger partial charge on any atom is -0.382 e. The van der Waals surface area contributed by atoms with E-state index in [1.165, 1.54) is 17.4 Å². The minimum absolute atomic E-state index is 0.211. The van der Waals surface area contributed by atoms with Gasteiger partial charge >= 0.3 is 0 Å². The Morgan fingerprint density at radius 2 is 2.05 bits per heavy atom. The second-order valence-corrected chi connectivity index (χ2v) is 6.21. The van der Waals surface area contributed by atoms with Gasteiger partial charge in [-0.25, -0.2) is 9.37 Å². The van der Waals surface area contributed by atoms with Gasteiger partial charge in [-0.05, 0) is 26.0 Å². The number of benzene rings is 1. The number of H-pyrrole nitrogens is 1. The van der Waals surface area contributed by atoms with Gasteiger partial charge in [0.25, 0.3) is 0 Å². The summed E-state index contributed by atoms with van der Waals surface area (Å²) in [7, 11) is 0. The van der Waals surface area contributed by atoms with Gasteiger partial charge in [0.15, 0.2) is 5.82 Å². The Hall–Kier alpha value is -1.92. The van der Waals surface area contributed by atoms with Crippen LogP contribution in [0.5, 0.6) is 0 Å². The summed E-state index contributed by atoms with van der Waals surface area (Å²) < 4.78 is 14.2. The Kier molecular flexibility index (Phi) is 3.43. The first kappa shape index (κ1) is 14.0. The van der Waals surface area contributed by atoms with Gasteiger partial charge in [0.05, 0.1) is 31.9 Å². The number of aryl methyl sites for hydroxylation is 2. The fourth-order valence-corrected chi connectivity index (χ4v) is 3.45. The SMILES string of the molecule is Cc1nc(C)c(-c2[nH]nc(N)c2-c2c(F)cccc2Cl)s1. The standard InChI is InChI=1S/C14H12ClFN4S/c1-6-13(21-7(2)18-6)12-11(14(17)20-19-12)10-8(15)4-3-5-9(10)16/h3-5H,1-2H3,(H3,17,19,20). The first-order chi connectivity index (χ1) is 9.99. The molecule has 0 spiro atoms. The molecule has 21 heavy (non-hydrogen) atoms. The van der Waals surface area contributed by atoms with Crippen LogP contribution in [-0.2, 0) is 0 Å². The van der Waals surface area contributed by atoms with Crippen molar-refractivity contribution in [1.29, 1.82) is 0 Å². The number of nitrogens with two attached hydrogens (primary N) is 1. The number of nitrogens with one attached hydrogen (secondary N) is 1. The highest BCUT2D eigenvalue weighted by atomic mass is 35.5. The maximum absolute atomic E-state index is 14.2. The molecule has 0 aliphatic rings. The summed E-state index contributed by atoms with van der Waals surface area (Å²) in [5.41, 5.74) is 8.14. The van der Waals surface area contributed by atoms with Gasteiger partial charge in [-0.1, -0.05) is 17.7 Å². The maximum Gasteiger partial charge on any atom is 0.153 e. The van der Waals surface area contributed by atoms with Crippen LogP contribution in [0, 0.1) is 19.7 Å². The summed E-state index contributed by atoms with van der Waals surface area (Å²) in [4.78, 5) is 5.26. The molecule has 7 heteroatoms. The lowest BCUT2D eigenvalue weighted by atomic mass is 10.0. The molecule has 108 valence electrons. The van der Waals surface area contributed by atoms with E-state index in [1.54, 1.807) is 12.1 Å². The lowest BCUT2D eigenvalue weighted by Crippen LogP contribution is -1.92. The van der Waals surface area contributed by atoms with Crippen LogP contribution in [0.25, 0.3) is 21.7 Å². The van der Waals surface area contributed by atoms with E-state index >= 15 is 0 Å². The number of aromatic nitrogens is 3. The number of rotatable bonds is 2. The molecule has 0 aliphatic carbocycles. The van der Waals surface area contributed by atoms with Crippen LogP contribution in [0.1, 0.15) is 10.7 Å². The van der Waals surface area contributed by atoms with Crippen molar-refractivity contribution in [1.82, 2.24) is 15.2 Å². The van der Waals surface area contributed by atoms with E-state index in [0.717, 1.165) is 15.6 Å². The third-order valence-electron chi connectivity index (χ3n) is 3.14. The molecule has 3 N–H and O–H groups in total. The normalized spacial score (nSPS) is 11.0. The third-order valence-corrected chi connectivity index (χ3v) is 4.54. The maximum atomic E-state index is 14.2. The summed E-state index contributed by atoms with van der Waals surface area (Å²) in [6, 6.07) is 4.53. The van der Waals surface area contributed by atoms with Gasteiger partial charge in [0.2, 0.25) is 0 Å². The zero-order valence-electron chi connectivity index (χ0n) is 11.4. The first-order valence-corrected chi connectivity index (χ1v) is 7.41. The summed E-state index contributed by atoms with van der Waals surface area (Å²) >= 11 is 7.65. The smallest absolute Gasteiger partial charge is 0.153 e. The van der Waals surface area contributed by atoms with Crippen molar-refractivity contribution < 1.29 is 4.39 Å². The van der Waals surface area contributed by atoms with Gasteiger partial charge in [0.1, 0.15) is 5.82 Å². The van der Waals surface area contributed by atoms with Crippen molar-refractivity contribution in [2.24, 2.45) is 0 Å². The van der Waals surface area contributed by atoms with E-state index in [0.29, 0.717) is 16.3 Å². The summed E-state index contributed by atoms with van der Waals surface area (Å²) in [6.45, 7) is 3.80. The summed E-state index contributed by atoms with van der Waals surface area (Å²) in [6.07, 6.45) is 0. The minimum atomic E-state index is -0.434. The second-order valence-electron chi connectivity index (χ2n) is 4.60. The number of nitrogens with zero attached hydrogens (tertiary/aromatic N) is 2. The Morgan fingerprint density at radius 1 is 1.29 bits per heavy atom. The molecule has 0 saturated carbocycles. The number of hydrogen-bond acceptors (Lipinski definition) is 4. The number of halogens is 2. The average molecular weight is 323 g/mol. The molecule has 0 radical (unpaired) electrons. The number of thiazole rings is 1. The topological polar surface area (TPSA) is 67.6 Å². The van der Waals surface area contributed by atoms with Gasteiger partial charge in [-0.15, -0.1) is 11.3 Å². The second kappa shape index (κ2) is 5.13. The van der Waals surface area contributed by atoms with Gasteiger partial charge < -0.3 is 5.73 Å². The van der Waals surface area contributed by atoms with Crippen molar-refractivity contribution >= 4 is 28.8 Å². The fourth-order valence-electron chi connectivity index (χ4n) is 2.27. The fraction of sp³-hybridized carbons (Fsp3) is 0.143. The Labute approximate surface area is 129 Å². The van der Waals surface area contributed by atoms with Crippen molar-refractivity contribution in [2.45, 2.75) is 13.8 Å². The molecule has 0 bridgehead atoms. The predicted octanol–water partition coefficient (Wildman–Crippen LogP) is 4.19. The van der Waals surface area contributed by atoms with Crippen molar-refractivity contribution in [3.63, 3.8) is 0 Å². The van der Waals surface area contributed by atoms with E-state index < -0.39 is 5.82 Å². The van der Waals surface area contributed by atoms with E-state index in [1.807, 2.05) is 13.8 Å². The Balaban J connectivity index is 2.30. The highest BCUT2D eigenvalue weighted by molar-refractivity contribution is 7.15. The van der Waals surface area contributed by atoms with Crippen molar-refractivity contribution in [2.75, 3.05) is 5.73 Å². The molecule has 0 aliphatic heterocycles. The number of nitrogen functional groups attached to an aromatic ring is 1. The molecule has 0 fully saturated rings. The van der Waals surface area contributed by atoms with Crippen LogP contribution in [0.2, 0.25) is 5.02 Å². The first-order valence-electron chi connectivity index (χ1n) is 6.21. The molecule has 1 aromatic carbocycles. The highest BCUT2D eigenvalue weighted by Gasteiger charge is 2.22. The Morgan fingerprint density at radius 3 is 2.67 bits per heavy atom. The van der Waals surface area contributed by atoms with Gasteiger partial charge in [-0.2, -0.15) is 5.10 Å². The highest BCUT2D eigenvalue weighted by Crippen LogP contribution is 2.42. The van der Waals surface area contributed by atoms with Crippen LogP contribution in [0.3, 0.4) is 0 Å². The lowest BCUT2D eigenvalue weighted by Gasteiger charge is -2.07. The summed E-state index contributed by atoms with van der Waals surface area (Å²) in [5, 5.41) is 8.09. The van der Waals surface area contributed by atoms with Crippen LogP contribution >= 0.6 is 22.9 Å². The van der Waals surface area contributed by atoms with Crippen LogP contribution in [-0.4, -0.2) is 15.2 Å². The van der Waals surface area contributed by atoms with E-state index in [9.17, 15) is 4.39 Å². The van der Waals surface area contributed by atoms with Crippen molar-refractivity contribution in [3.8, 4) is 21.7 Å². The van der Waals surface area contributed by atoms with E-state index in [4.69, 9.17) is 17.3 Å². The molecule has 0 atom stereocenters. The molecule has 4 nitrogen and oxygen atoms in total. The number of aromatic amines is 1. The number of anilines is 1. The van der Waals surface area contributed by atoms with Crippen LogP contribution in [0.15, 0.2) is 18.2 Å². The molecule has 3 aromatic rings. The molecule has 0 saturated heterocycles. The molecule has 0 unspecified atom stereocenters. The molecule has 2 heterocycles. The number of hydrogen-bond donors (Lipinski definition) is 2. The summed E-state index contributed by atoms with van der Waals surface area (Å²) in [5.74, 6) is -0.224. The largest absolute Gasteiger partial charge is 0.382 e. The van der Waals surface area contributed by atoms with Crippen molar-refractivity contribution in [3.05, 3.63) is 39.7 Å². The van der Waals surface area contributed by atoms with Crippen LogP contribution in [0.4, 0.5) is 10.2 Å². The van der Waals surface area contributed by atoms with E-state index in [2.05, 4.69) is 15.2 Å². The zero-order chi connectivity index (χ0) is 15.1. The average Bonchev–Trinajstić information content (AvgIpc) is 2.93. The van der Waals surface area contributed by atoms with Gasteiger partial charge in [0, 0.05) is 5.56 Å². The third kappa shape index (κ3) is 2.30. The lowest BCUT2D eigenvalue weighted by molar-refractivity contribution is 0.631. The molecular weight excluding hydrogens is 311 g/mol. The van der Waals surface area contributed by atoms with Crippen LogP contribution < -0.4 is 5.73 Å². The van der Waals surface area contributed by atoms with Gasteiger partial charge in [-0.3, -0.25) is 5.10 Å². The quantitative estimate of drug-likeness (QED) is 0.743.